The number of ether oxygens (including phenoxy) is 1. The summed E-state index contributed by atoms with van der Waals surface area (Å²) in [6.07, 6.45) is 6.23. The van der Waals surface area contributed by atoms with Crippen molar-refractivity contribution in [3.63, 3.8) is 0 Å². The molecule has 0 spiro atoms. The van der Waals surface area contributed by atoms with Crippen LogP contribution in [0.3, 0.4) is 0 Å². The zero-order valence-electron chi connectivity index (χ0n) is 16.3. The first-order valence-corrected chi connectivity index (χ1v) is 10.7. The summed E-state index contributed by atoms with van der Waals surface area (Å²) in [5.74, 6) is 2.32. The first kappa shape index (κ1) is 19.3. The molecule has 146 valence electrons. The molecule has 2 fully saturated rings. The number of amides is 1. The van der Waals surface area contributed by atoms with Gasteiger partial charge in [0.2, 0.25) is 0 Å². The van der Waals surface area contributed by atoms with Crippen LogP contribution in [0.5, 0.6) is 5.75 Å². The Morgan fingerprint density at radius 2 is 1.96 bits per heavy atom. The Morgan fingerprint density at radius 1 is 1.21 bits per heavy atom. The number of thiocarbonyl (C=S) groups is 1. The summed E-state index contributed by atoms with van der Waals surface area (Å²) in [6.45, 7) is 4.05. The molecule has 1 aromatic heterocycles. The number of furan rings is 1. The van der Waals surface area contributed by atoms with Crippen LogP contribution in [0.25, 0.3) is 17.4 Å². The first-order valence-electron chi connectivity index (χ1n) is 9.50. The summed E-state index contributed by atoms with van der Waals surface area (Å²) >= 11 is 6.84. The predicted octanol–water partition coefficient (Wildman–Crippen LogP) is 5.72. The number of hydrogen-bond donors (Lipinski definition) is 0. The van der Waals surface area contributed by atoms with Crippen LogP contribution in [0.15, 0.2) is 33.6 Å². The van der Waals surface area contributed by atoms with Crippen molar-refractivity contribution >= 4 is 40.3 Å². The Hall–Kier alpha value is -2.05. The fraction of sp³-hybridized carbons (Fsp3) is 0.364. The summed E-state index contributed by atoms with van der Waals surface area (Å²) in [4.78, 5) is 15.3. The number of carbonyl (C=O) groups is 1. The first-order chi connectivity index (χ1) is 13.5. The van der Waals surface area contributed by atoms with Gasteiger partial charge in [0.15, 0.2) is 0 Å². The van der Waals surface area contributed by atoms with Gasteiger partial charge < -0.3 is 9.15 Å². The Kier molecular flexibility index (Phi) is 5.34. The van der Waals surface area contributed by atoms with E-state index in [0.717, 1.165) is 41.0 Å². The summed E-state index contributed by atoms with van der Waals surface area (Å²) in [6, 6.07) is 8.18. The molecule has 2 heterocycles. The molecule has 0 bridgehead atoms. The fourth-order valence-electron chi connectivity index (χ4n) is 3.94. The van der Waals surface area contributed by atoms with Gasteiger partial charge in [-0.2, -0.15) is 0 Å². The van der Waals surface area contributed by atoms with E-state index in [1.165, 1.54) is 24.6 Å². The van der Waals surface area contributed by atoms with Gasteiger partial charge in [-0.05, 0) is 62.1 Å². The highest BCUT2D eigenvalue weighted by Crippen LogP contribution is 2.38. The minimum atomic E-state index is 0.0105. The Morgan fingerprint density at radius 3 is 2.68 bits per heavy atom. The van der Waals surface area contributed by atoms with Crippen LogP contribution in [0.4, 0.5) is 0 Å². The number of hydrogen-bond acceptors (Lipinski definition) is 5. The second kappa shape index (κ2) is 7.76. The molecular formula is C22H23NO3S2. The van der Waals surface area contributed by atoms with E-state index in [1.54, 1.807) is 12.0 Å². The molecule has 1 aliphatic heterocycles. The molecule has 6 heteroatoms. The van der Waals surface area contributed by atoms with E-state index in [4.69, 9.17) is 21.4 Å². The topological polar surface area (TPSA) is 42.7 Å². The van der Waals surface area contributed by atoms with Crippen LogP contribution in [0.1, 0.15) is 42.6 Å². The van der Waals surface area contributed by atoms with Crippen molar-refractivity contribution in [3.05, 3.63) is 46.1 Å². The van der Waals surface area contributed by atoms with E-state index in [1.807, 2.05) is 38.1 Å². The zero-order valence-corrected chi connectivity index (χ0v) is 17.9. The third kappa shape index (κ3) is 3.51. The maximum atomic E-state index is 12.8. The Bertz CT molecular complexity index is 970. The molecule has 28 heavy (non-hydrogen) atoms. The highest BCUT2D eigenvalue weighted by Gasteiger charge is 2.38. The van der Waals surface area contributed by atoms with Gasteiger partial charge >= 0.3 is 0 Å². The summed E-state index contributed by atoms with van der Waals surface area (Å²) in [5.41, 5.74) is 3.16. The summed E-state index contributed by atoms with van der Waals surface area (Å²) in [7, 11) is 1.67. The van der Waals surface area contributed by atoms with Gasteiger partial charge in [-0.1, -0.05) is 36.8 Å². The van der Waals surface area contributed by atoms with E-state index in [-0.39, 0.29) is 11.9 Å². The lowest BCUT2D eigenvalue weighted by atomic mass is 10.0. The molecule has 0 atom stereocenters. The normalized spacial score (nSPS) is 19.2. The van der Waals surface area contributed by atoms with Crippen LogP contribution >= 0.6 is 24.0 Å². The van der Waals surface area contributed by atoms with Crippen LogP contribution in [0.2, 0.25) is 0 Å². The van der Waals surface area contributed by atoms with Gasteiger partial charge in [0.05, 0.1) is 12.0 Å². The maximum Gasteiger partial charge on any atom is 0.266 e. The Balaban J connectivity index is 1.59. The van der Waals surface area contributed by atoms with Crippen LogP contribution in [-0.2, 0) is 4.79 Å². The highest BCUT2D eigenvalue weighted by atomic mass is 32.2. The van der Waals surface area contributed by atoms with E-state index >= 15 is 0 Å². The average Bonchev–Trinajstić information content (AvgIpc) is 3.39. The molecule has 4 nitrogen and oxygen atoms in total. The van der Waals surface area contributed by atoms with E-state index in [9.17, 15) is 4.79 Å². The highest BCUT2D eigenvalue weighted by molar-refractivity contribution is 8.26. The lowest BCUT2D eigenvalue weighted by Crippen LogP contribution is -2.36. The van der Waals surface area contributed by atoms with E-state index in [2.05, 4.69) is 6.07 Å². The van der Waals surface area contributed by atoms with Gasteiger partial charge in [-0.15, -0.1) is 0 Å². The number of aryl methyl sites for hydroxylation is 2. The summed E-state index contributed by atoms with van der Waals surface area (Å²) < 4.78 is 12.1. The van der Waals surface area contributed by atoms with Gasteiger partial charge in [0.25, 0.3) is 5.91 Å². The largest absolute Gasteiger partial charge is 0.496 e. The minimum absolute atomic E-state index is 0.0105. The molecule has 2 aromatic rings. The van der Waals surface area contributed by atoms with E-state index in [0.29, 0.717) is 15.0 Å². The maximum absolute atomic E-state index is 12.8. The van der Waals surface area contributed by atoms with Crippen LogP contribution < -0.4 is 4.74 Å². The van der Waals surface area contributed by atoms with Crippen molar-refractivity contribution < 1.29 is 13.9 Å². The smallest absolute Gasteiger partial charge is 0.266 e. The van der Waals surface area contributed by atoms with E-state index < -0.39 is 0 Å². The summed E-state index contributed by atoms with van der Waals surface area (Å²) in [5, 5.41) is 0. The Labute approximate surface area is 174 Å². The van der Waals surface area contributed by atoms with Crippen molar-refractivity contribution in [2.75, 3.05) is 7.11 Å². The number of nitrogens with zero attached hydrogens (tertiary/aromatic N) is 1. The number of methoxy groups -OCH3 is 1. The fourth-order valence-corrected chi connectivity index (χ4v) is 5.32. The molecule has 0 unspecified atom stereocenters. The third-order valence-electron chi connectivity index (χ3n) is 5.42. The van der Waals surface area contributed by atoms with Gasteiger partial charge in [0, 0.05) is 17.7 Å². The molecule has 2 aliphatic rings. The lowest BCUT2D eigenvalue weighted by Gasteiger charge is -2.21. The molecule has 1 aromatic carbocycles. The van der Waals surface area contributed by atoms with Crippen LogP contribution in [0, 0.1) is 13.8 Å². The van der Waals surface area contributed by atoms with Crippen LogP contribution in [-0.4, -0.2) is 28.3 Å². The van der Waals surface area contributed by atoms with Crippen molar-refractivity contribution in [2.24, 2.45) is 0 Å². The second-order valence-corrected chi connectivity index (χ2v) is 9.00. The SMILES string of the molecule is COc1cc(C)c(-c2ccc(C=C3SC(=S)N(C4CCCC4)C3=O)o2)cc1C. The van der Waals surface area contributed by atoms with Gasteiger partial charge in [0.1, 0.15) is 21.6 Å². The van der Waals surface area contributed by atoms with Crippen molar-refractivity contribution in [2.45, 2.75) is 45.6 Å². The molecule has 1 saturated carbocycles. The molecule has 1 saturated heterocycles. The van der Waals surface area contributed by atoms with Crippen molar-refractivity contribution in [1.29, 1.82) is 0 Å². The zero-order chi connectivity index (χ0) is 19.8. The molecule has 0 radical (unpaired) electrons. The number of benzene rings is 1. The molecule has 1 amide bonds. The lowest BCUT2D eigenvalue weighted by molar-refractivity contribution is -0.123. The van der Waals surface area contributed by atoms with Gasteiger partial charge in [-0.3, -0.25) is 9.69 Å². The monoisotopic (exact) mass is 413 g/mol. The number of carbonyl (C=O) groups excluding carboxylic acids is 1. The van der Waals surface area contributed by atoms with Crippen molar-refractivity contribution in [3.8, 4) is 17.1 Å². The van der Waals surface area contributed by atoms with Crippen molar-refractivity contribution in [1.82, 2.24) is 4.90 Å². The number of rotatable bonds is 4. The number of thioether (sulfide) groups is 1. The predicted molar refractivity (Wildman–Crippen MR) is 117 cm³/mol. The average molecular weight is 414 g/mol. The molecule has 0 N–H and O–H groups in total. The molecule has 1 aliphatic carbocycles. The quantitative estimate of drug-likeness (QED) is 0.474. The standard InChI is InChI=1S/C22H23NO3S2/c1-13-11-19(25-3)14(2)10-17(13)18-9-8-16(26-18)12-20-21(24)23(22(27)28-20)15-6-4-5-7-15/h8-12,15H,4-7H2,1-3H3. The van der Waals surface area contributed by atoms with Gasteiger partial charge in [-0.25, -0.2) is 0 Å². The molecule has 4 rings (SSSR count). The minimum Gasteiger partial charge on any atom is -0.496 e. The third-order valence-corrected chi connectivity index (χ3v) is 6.75. The molecular weight excluding hydrogens is 390 g/mol. The second-order valence-electron chi connectivity index (χ2n) is 7.33.